The first kappa shape index (κ1) is 11.4. The molecule has 3 heteroatoms. The van der Waals surface area contributed by atoms with Crippen molar-refractivity contribution in [2.24, 2.45) is 0 Å². The van der Waals surface area contributed by atoms with E-state index in [4.69, 9.17) is 16.3 Å². The van der Waals surface area contributed by atoms with Gasteiger partial charge in [0, 0.05) is 23.5 Å². The van der Waals surface area contributed by atoms with Crippen molar-refractivity contribution in [3.63, 3.8) is 0 Å². The molecular formula is C14H18ClNO. The van der Waals surface area contributed by atoms with Crippen LogP contribution in [0.3, 0.4) is 0 Å². The molecule has 0 radical (unpaired) electrons. The molecule has 2 nitrogen and oxygen atoms in total. The summed E-state index contributed by atoms with van der Waals surface area (Å²) >= 11 is 5.98. The molecule has 1 aliphatic carbocycles. The number of benzene rings is 1. The minimum atomic E-state index is 0.265. The number of hydrogen-bond acceptors (Lipinski definition) is 2. The number of ether oxygens (including phenoxy) is 1. The number of fused-ring (bicyclic) bond motifs is 1. The predicted molar refractivity (Wildman–Crippen MR) is 69.8 cm³/mol. The van der Waals surface area contributed by atoms with Crippen LogP contribution in [0.2, 0.25) is 5.02 Å². The third-order valence-electron chi connectivity index (χ3n) is 3.98. The second-order valence-electron chi connectivity index (χ2n) is 5.49. The molecule has 1 aromatic rings. The van der Waals surface area contributed by atoms with Crippen LogP contribution in [-0.2, 0) is 6.42 Å². The average Bonchev–Trinajstić information content (AvgIpc) is 2.65. The molecule has 0 aromatic heterocycles. The minimum absolute atomic E-state index is 0.265. The van der Waals surface area contributed by atoms with E-state index >= 15 is 0 Å². The molecule has 0 bridgehead atoms. The van der Waals surface area contributed by atoms with E-state index in [9.17, 15) is 0 Å². The molecule has 1 saturated carbocycles. The minimum Gasteiger partial charge on any atom is -0.488 e. The molecule has 1 aliphatic heterocycles. The van der Waals surface area contributed by atoms with E-state index in [1.807, 2.05) is 18.2 Å². The Morgan fingerprint density at radius 3 is 3.00 bits per heavy atom. The maximum Gasteiger partial charge on any atom is 0.123 e. The van der Waals surface area contributed by atoms with Gasteiger partial charge < -0.3 is 10.1 Å². The fourth-order valence-electron chi connectivity index (χ4n) is 2.65. The van der Waals surface area contributed by atoms with Gasteiger partial charge in [-0.25, -0.2) is 0 Å². The van der Waals surface area contributed by atoms with Gasteiger partial charge in [-0.2, -0.15) is 0 Å². The first-order valence-electron chi connectivity index (χ1n) is 6.35. The highest BCUT2D eigenvalue weighted by Crippen LogP contribution is 2.33. The van der Waals surface area contributed by atoms with Gasteiger partial charge in [-0.05, 0) is 49.9 Å². The molecule has 17 heavy (non-hydrogen) atoms. The Morgan fingerprint density at radius 2 is 2.29 bits per heavy atom. The zero-order valence-electron chi connectivity index (χ0n) is 10.1. The largest absolute Gasteiger partial charge is 0.488 e. The number of nitrogens with one attached hydrogen (secondary N) is 1. The fraction of sp³-hybridized carbons (Fsp3) is 0.571. The monoisotopic (exact) mass is 251 g/mol. The van der Waals surface area contributed by atoms with Gasteiger partial charge >= 0.3 is 0 Å². The summed E-state index contributed by atoms with van der Waals surface area (Å²) in [6.45, 7) is 3.23. The van der Waals surface area contributed by atoms with Crippen molar-refractivity contribution in [1.82, 2.24) is 5.32 Å². The van der Waals surface area contributed by atoms with Crippen LogP contribution in [0.1, 0.15) is 31.7 Å². The molecule has 1 unspecified atom stereocenters. The molecule has 1 N–H and O–H groups in total. The van der Waals surface area contributed by atoms with Crippen molar-refractivity contribution < 1.29 is 4.74 Å². The summed E-state index contributed by atoms with van der Waals surface area (Å²) in [5, 5.41) is 4.43. The van der Waals surface area contributed by atoms with Crippen molar-refractivity contribution >= 4 is 11.6 Å². The second-order valence-corrected chi connectivity index (χ2v) is 5.93. The first-order valence-corrected chi connectivity index (χ1v) is 6.73. The van der Waals surface area contributed by atoms with E-state index in [0.29, 0.717) is 5.54 Å². The Morgan fingerprint density at radius 1 is 1.47 bits per heavy atom. The SMILES string of the molecule is CC1(NCC2Cc3cc(Cl)ccc3O2)CCC1. The van der Waals surface area contributed by atoms with Gasteiger partial charge in [0.2, 0.25) is 0 Å². The highest BCUT2D eigenvalue weighted by Gasteiger charge is 2.33. The molecule has 2 aliphatic rings. The van der Waals surface area contributed by atoms with Crippen LogP contribution in [0.25, 0.3) is 0 Å². The standard InChI is InChI=1S/C14H18ClNO/c1-14(5-2-6-14)16-9-12-8-10-7-11(15)3-4-13(10)17-12/h3-4,7,12,16H,2,5-6,8-9H2,1H3. The maximum absolute atomic E-state index is 5.98. The van der Waals surface area contributed by atoms with Gasteiger partial charge in [-0.15, -0.1) is 0 Å². The quantitative estimate of drug-likeness (QED) is 0.891. The van der Waals surface area contributed by atoms with Gasteiger partial charge in [0.25, 0.3) is 0 Å². The number of halogens is 1. The van der Waals surface area contributed by atoms with Gasteiger partial charge in [0.1, 0.15) is 11.9 Å². The molecular weight excluding hydrogens is 234 g/mol. The van der Waals surface area contributed by atoms with E-state index in [1.165, 1.54) is 24.8 Å². The van der Waals surface area contributed by atoms with Crippen molar-refractivity contribution in [1.29, 1.82) is 0 Å². The van der Waals surface area contributed by atoms with Gasteiger partial charge in [-0.1, -0.05) is 11.6 Å². The van der Waals surface area contributed by atoms with E-state index in [2.05, 4.69) is 12.2 Å². The number of hydrogen-bond donors (Lipinski definition) is 1. The molecule has 3 rings (SSSR count). The van der Waals surface area contributed by atoms with Crippen LogP contribution in [-0.4, -0.2) is 18.2 Å². The van der Waals surface area contributed by atoms with Crippen LogP contribution in [0.15, 0.2) is 18.2 Å². The fourth-order valence-corrected chi connectivity index (χ4v) is 2.84. The van der Waals surface area contributed by atoms with Crippen LogP contribution < -0.4 is 10.1 Å². The zero-order chi connectivity index (χ0) is 11.9. The zero-order valence-corrected chi connectivity index (χ0v) is 10.9. The van der Waals surface area contributed by atoms with Crippen molar-refractivity contribution in [2.45, 2.75) is 44.2 Å². The smallest absolute Gasteiger partial charge is 0.123 e. The molecule has 0 saturated heterocycles. The van der Waals surface area contributed by atoms with Crippen molar-refractivity contribution in [3.05, 3.63) is 28.8 Å². The summed E-state index contributed by atoms with van der Waals surface area (Å²) in [6, 6.07) is 5.88. The highest BCUT2D eigenvalue weighted by molar-refractivity contribution is 6.30. The third-order valence-corrected chi connectivity index (χ3v) is 4.21. The lowest BCUT2D eigenvalue weighted by atomic mass is 9.78. The Labute approximate surface area is 107 Å². The Balaban J connectivity index is 1.58. The molecule has 0 spiro atoms. The van der Waals surface area contributed by atoms with Crippen LogP contribution in [0.5, 0.6) is 5.75 Å². The van der Waals surface area contributed by atoms with Crippen molar-refractivity contribution in [2.75, 3.05) is 6.54 Å². The second kappa shape index (κ2) is 4.18. The summed E-state index contributed by atoms with van der Waals surface area (Å²) in [6.07, 6.45) is 5.17. The average molecular weight is 252 g/mol. The lowest BCUT2D eigenvalue weighted by Gasteiger charge is -2.40. The van der Waals surface area contributed by atoms with E-state index in [0.717, 1.165) is 23.7 Å². The van der Waals surface area contributed by atoms with Gasteiger partial charge in [0.15, 0.2) is 0 Å². The molecule has 1 fully saturated rings. The first-order chi connectivity index (χ1) is 8.15. The molecule has 92 valence electrons. The number of rotatable bonds is 3. The van der Waals surface area contributed by atoms with Crippen LogP contribution >= 0.6 is 11.6 Å². The van der Waals surface area contributed by atoms with Gasteiger partial charge in [0.05, 0.1) is 0 Å². The van der Waals surface area contributed by atoms with E-state index in [-0.39, 0.29) is 6.10 Å². The summed E-state index contributed by atoms with van der Waals surface area (Å²) in [4.78, 5) is 0. The molecule has 1 aromatic carbocycles. The van der Waals surface area contributed by atoms with Gasteiger partial charge in [-0.3, -0.25) is 0 Å². The molecule has 1 atom stereocenters. The summed E-state index contributed by atoms with van der Waals surface area (Å²) < 4.78 is 5.90. The predicted octanol–water partition coefficient (Wildman–Crippen LogP) is 3.18. The molecule has 1 heterocycles. The van der Waals surface area contributed by atoms with Crippen molar-refractivity contribution in [3.8, 4) is 5.75 Å². The topological polar surface area (TPSA) is 21.3 Å². The summed E-state index contributed by atoms with van der Waals surface area (Å²) in [5.41, 5.74) is 1.60. The Kier molecular flexibility index (Phi) is 2.80. The summed E-state index contributed by atoms with van der Waals surface area (Å²) in [7, 11) is 0. The molecule has 0 amide bonds. The lowest BCUT2D eigenvalue weighted by molar-refractivity contribution is 0.161. The van der Waals surface area contributed by atoms with Crippen LogP contribution in [0, 0.1) is 0 Å². The normalized spacial score (nSPS) is 24.9. The van der Waals surface area contributed by atoms with Crippen LogP contribution in [0.4, 0.5) is 0 Å². The summed E-state index contributed by atoms with van der Waals surface area (Å²) in [5.74, 6) is 1.000. The van der Waals surface area contributed by atoms with E-state index in [1.54, 1.807) is 0 Å². The Hall–Kier alpha value is -0.730. The lowest BCUT2D eigenvalue weighted by Crippen LogP contribution is -2.51. The third kappa shape index (κ3) is 2.29. The highest BCUT2D eigenvalue weighted by atomic mass is 35.5. The maximum atomic E-state index is 5.98. The Bertz CT molecular complexity index is 428. The van der Waals surface area contributed by atoms with E-state index < -0.39 is 0 Å².